The molecule has 0 unspecified atom stereocenters. The Bertz CT molecular complexity index is 958. The van der Waals surface area contributed by atoms with E-state index in [1.807, 2.05) is 30.3 Å². The lowest BCUT2D eigenvalue weighted by Gasteiger charge is -2.13. The summed E-state index contributed by atoms with van der Waals surface area (Å²) in [4.78, 5) is 11.3. The molecule has 3 aromatic rings. The van der Waals surface area contributed by atoms with Gasteiger partial charge in [0.05, 0.1) is 18.8 Å². The molecule has 1 N–H and O–H groups in total. The van der Waals surface area contributed by atoms with E-state index in [2.05, 4.69) is 0 Å². The van der Waals surface area contributed by atoms with E-state index >= 15 is 0 Å². The molecule has 0 radical (unpaired) electrons. The summed E-state index contributed by atoms with van der Waals surface area (Å²) < 4.78 is 38.1. The van der Waals surface area contributed by atoms with Gasteiger partial charge in [0.1, 0.15) is 12.4 Å². The van der Waals surface area contributed by atoms with Crippen molar-refractivity contribution in [1.82, 2.24) is 0 Å². The van der Waals surface area contributed by atoms with Crippen LogP contribution in [0.2, 0.25) is 0 Å². The van der Waals surface area contributed by atoms with Crippen molar-refractivity contribution in [1.29, 1.82) is 0 Å². The fraction of sp³-hybridized carbons (Fsp3) is 0.136. The first-order valence-electron chi connectivity index (χ1n) is 8.62. The second-order valence-corrected chi connectivity index (χ2v) is 6.03. The molecule has 0 atom stereocenters. The van der Waals surface area contributed by atoms with Crippen molar-refractivity contribution in [2.75, 3.05) is 13.2 Å². The fourth-order valence-corrected chi connectivity index (χ4v) is 2.65. The number of aromatic carboxylic acids is 1. The highest BCUT2D eigenvalue weighted by molar-refractivity contribution is 5.90. The van der Waals surface area contributed by atoms with Gasteiger partial charge in [-0.25, -0.2) is 13.6 Å². The van der Waals surface area contributed by atoms with Crippen LogP contribution < -0.4 is 4.74 Å². The first-order valence-corrected chi connectivity index (χ1v) is 8.62. The average molecular weight is 384 g/mol. The molecule has 0 aliphatic rings. The number of halogens is 2. The first-order chi connectivity index (χ1) is 13.5. The van der Waals surface area contributed by atoms with E-state index < -0.39 is 17.6 Å². The van der Waals surface area contributed by atoms with Gasteiger partial charge in [-0.2, -0.15) is 0 Å². The van der Waals surface area contributed by atoms with Crippen LogP contribution in [0, 0.1) is 11.6 Å². The summed E-state index contributed by atoms with van der Waals surface area (Å²) in [6.07, 6.45) is 0. The van der Waals surface area contributed by atoms with E-state index in [1.165, 1.54) is 24.3 Å². The zero-order chi connectivity index (χ0) is 19.9. The topological polar surface area (TPSA) is 55.8 Å². The van der Waals surface area contributed by atoms with E-state index in [1.54, 1.807) is 0 Å². The lowest BCUT2D eigenvalue weighted by molar-refractivity contribution is 0.0696. The molecule has 0 aliphatic carbocycles. The van der Waals surface area contributed by atoms with E-state index in [-0.39, 0.29) is 12.2 Å². The molecular formula is C22H18F2O4. The zero-order valence-corrected chi connectivity index (χ0v) is 14.9. The standard InChI is InChI=1S/C22H18F2O4/c23-19-8-6-16(13-20(19)24)18-12-17(22(25)26)7-9-21(18)28-11-10-27-14-15-4-2-1-3-5-15/h1-9,12-13H,10-11,14H2,(H,25,26). The summed E-state index contributed by atoms with van der Waals surface area (Å²) in [5.74, 6) is -2.76. The van der Waals surface area contributed by atoms with Gasteiger partial charge in [0.25, 0.3) is 0 Å². The number of carboxylic acids is 1. The van der Waals surface area contributed by atoms with Gasteiger partial charge in [-0.15, -0.1) is 0 Å². The molecule has 0 spiro atoms. The molecule has 3 aromatic carbocycles. The number of rotatable bonds is 8. The number of hydrogen-bond acceptors (Lipinski definition) is 3. The number of ether oxygens (including phenoxy) is 2. The van der Waals surface area contributed by atoms with Crippen molar-refractivity contribution >= 4 is 5.97 Å². The third-order valence-electron chi connectivity index (χ3n) is 4.05. The predicted octanol–water partition coefficient (Wildman–Crippen LogP) is 4.93. The van der Waals surface area contributed by atoms with Crippen LogP contribution in [0.3, 0.4) is 0 Å². The minimum Gasteiger partial charge on any atom is -0.491 e. The average Bonchev–Trinajstić information content (AvgIpc) is 2.70. The lowest BCUT2D eigenvalue weighted by Crippen LogP contribution is -2.08. The van der Waals surface area contributed by atoms with Gasteiger partial charge in [0, 0.05) is 5.56 Å². The number of carboxylic acid groups (broad SMARTS) is 1. The maximum Gasteiger partial charge on any atom is 0.335 e. The third kappa shape index (κ3) is 4.92. The normalized spacial score (nSPS) is 10.6. The van der Waals surface area contributed by atoms with Gasteiger partial charge in [-0.1, -0.05) is 36.4 Å². The van der Waals surface area contributed by atoms with Crippen LogP contribution in [0.1, 0.15) is 15.9 Å². The van der Waals surface area contributed by atoms with Crippen LogP contribution >= 0.6 is 0 Å². The van der Waals surface area contributed by atoms with Crippen LogP contribution in [0.4, 0.5) is 8.78 Å². The van der Waals surface area contributed by atoms with Crippen molar-refractivity contribution < 1.29 is 28.2 Å². The summed E-state index contributed by atoms with van der Waals surface area (Å²) in [7, 11) is 0. The number of hydrogen-bond donors (Lipinski definition) is 1. The van der Waals surface area contributed by atoms with Crippen LogP contribution in [-0.4, -0.2) is 24.3 Å². The minimum atomic E-state index is -1.12. The molecule has 0 saturated heterocycles. The Morgan fingerprint density at radius 1 is 0.893 bits per heavy atom. The molecule has 4 nitrogen and oxygen atoms in total. The van der Waals surface area contributed by atoms with E-state index in [4.69, 9.17) is 9.47 Å². The molecule has 0 aliphatic heterocycles. The van der Waals surface area contributed by atoms with Crippen LogP contribution in [0.15, 0.2) is 66.7 Å². The fourth-order valence-electron chi connectivity index (χ4n) is 2.65. The van der Waals surface area contributed by atoms with Crippen molar-refractivity contribution in [2.45, 2.75) is 6.61 Å². The molecule has 0 amide bonds. The Labute approximate surface area is 161 Å². The Morgan fingerprint density at radius 3 is 2.39 bits per heavy atom. The quantitative estimate of drug-likeness (QED) is 0.560. The van der Waals surface area contributed by atoms with Gasteiger partial charge >= 0.3 is 5.97 Å². The van der Waals surface area contributed by atoms with Crippen molar-refractivity contribution in [2.24, 2.45) is 0 Å². The molecule has 144 valence electrons. The molecule has 0 fully saturated rings. The maximum absolute atomic E-state index is 13.6. The Morgan fingerprint density at radius 2 is 1.68 bits per heavy atom. The van der Waals surface area contributed by atoms with Gasteiger partial charge in [-0.3, -0.25) is 0 Å². The summed E-state index contributed by atoms with van der Waals surface area (Å²) in [5, 5.41) is 9.21. The first kappa shape index (κ1) is 19.5. The summed E-state index contributed by atoms with van der Waals surface area (Å²) >= 11 is 0. The molecule has 0 saturated carbocycles. The van der Waals surface area contributed by atoms with Crippen LogP contribution in [-0.2, 0) is 11.3 Å². The van der Waals surface area contributed by atoms with E-state index in [0.717, 1.165) is 17.7 Å². The van der Waals surface area contributed by atoms with Crippen LogP contribution in [0.25, 0.3) is 11.1 Å². The van der Waals surface area contributed by atoms with Crippen molar-refractivity contribution in [3.8, 4) is 16.9 Å². The predicted molar refractivity (Wildman–Crippen MR) is 100 cm³/mol. The molecule has 28 heavy (non-hydrogen) atoms. The lowest BCUT2D eigenvalue weighted by atomic mass is 10.0. The van der Waals surface area contributed by atoms with Crippen molar-refractivity contribution in [3.63, 3.8) is 0 Å². The highest BCUT2D eigenvalue weighted by Gasteiger charge is 2.13. The number of carbonyl (C=O) groups is 1. The van der Waals surface area contributed by atoms with Gasteiger partial charge < -0.3 is 14.6 Å². The molecule has 0 aromatic heterocycles. The van der Waals surface area contributed by atoms with Gasteiger partial charge in [-0.05, 0) is 41.5 Å². The summed E-state index contributed by atoms with van der Waals surface area (Å²) in [6, 6.07) is 17.3. The number of benzene rings is 3. The summed E-state index contributed by atoms with van der Waals surface area (Å²) in [5.41, 5.74) is 1.74. The van der Waals surface area contributed by atoms with Gasteiger partial charge in [0.15, 0.2) is 11.6 Å². The minimum absolute atomic E-state index is 0.0208. The van der Waals surface area contributed by atoms with E-state index in [9.17, 15) is 18.7 Å². The molecule has 6 heteroatoms. The van der Waals surface area contributed by atoms with Crippen LogP contribution in [0.5, 0.6) is 5.75 Å². The molecular weight excluding hydrogens is 366 g/mol. The Hall–Kier alpha value is -3.25. The SMILES string of the molecule is O=C(O)c1ccc(OCCOCc2ccccc2)c(-c2ccc(F)c(F)c2)c1. The second-order valence-electron chi connectivity index (χ2n) is 6.03. The maximum atomic E-state index is 13.6. The third-order valence-corrected chi connectivity index (χ3v) is 4.05. The molecule has 3 rings (SSSR count). The van der Waals surface area contributed by atoms with Crippen molar-refractivity contribution in [3.05, 3.63) is 89.5 Å². The highest BCUT2D eigenvalue weighted by atomic mass is 19.2. The molecule has 0 heterocycles. The Kier molecular flexibility index (Phi) is 6.34. The monoisotopic (exact) mass is 384 g/mol. The largest absolute Gasteiger partial charge is 0.491 e. The highest BCUT2D eigenvalue weighted by Crippen LogP contribution is 2.32. The second kappa shape index (κ2) is 9.10. The van der Waals surface area contributed by atoms with Gasteiger partial charge in [0.2, 0.25) is 0 Å². The summed E-state index contributed by atoms with van der Waals surface area (Å²) in [6.45, 7) is 0.973. The molecule has 0 bridgehead atoms. The Balaban J connectivity index is 1.71. The smallest absolute Gasteiger partial charge is 0.335 e. The zero-order valence-electron chi connectivity index (χ0n) is 14.9. The van der Waals surface area contributed by atoms with E-state index in [0.29, 0.717) is 30.1 Å².